The van der Waals surface area contributed by atoms with E-state index in [9.17, 15) is 0 Å². The molecule has 1 heterocycles. The molecule has 19 heavy (non-hydrogen) atoms. The lowest BCUT2D eigenvalue weighted by molar-refractivity contribution is 0.281. The van der Waals surface area contributed by atoms with Crippen LogP contribution in [0.25, 0.3) is 0 Å². The Hall–Kier alpha value is -1.02. The molecule has 1 aliphatic heterocycles. The fraction of sp³-hybridized carbons (Fsp3) is 0.647. The van der Waals surface area contributed by atoms with Gasteiger partial charge in [0.05, 0.1) is 0 Å². The molecule has 0 spiro atoms. The van der Waals surface area contributed by atoms with Crippen LogP contribution in [0.3, 0.4) is 0 Å². The molecule has 1 aromatic rings. The molecule has 1 fully saturated rings. The van der Waals surface area contributed by atoms with Crippen LogP contribution in [0.5, 0.6) is 0 Å². The van der Waals surface area contributed by atoms with Gasteiger partial charge in [-0.15, -0.1) is 0 Å². The van der Waals surface area contributed by atoms with Gasteiger partial charge >= 0.3 is 0 Å². The summed E-state index contributed by atoms with van der Waals surface area (Å²) in [5, 5.41) is 7.29. The van der Waals surface area contributed by atoms with E-state index >= 15 is 0 Å². The summed E-state index contributed by atoms with van der Waals surface area (Å²) in [4.78, 5) is 0. The van der Waals surface area contributed by atoms with Crippen LogP contribution in [0.1, 0.15) is 50.2 Å². The Kier molecular flexibility index (Phi) is 4.07. The van der Waals surface area contributed by atoms with Gasteiger partial charge in [-0.05, 0) is 43.2 Å². The van der Waals surface area contributed by atoms with E-state index in [4.69, 9.17) is 0 Å². The van der Waals surface area contributed by atoms with Crippen LogP contribution in [0, 0.1) is 5.92 Å². The SMILES string of the molecule is C[C@H](NCc1cccc2c1NCC2)C1CCCCC1. The number of para-hydroxylation sites is 1. The van der Waals surface area contributed by atoms with Gasteiger partial charge in [-0.3, -0.25) is 0 Å². The number of fused-ring (bicyclic) bond motifs is 1. The van der Waals surface area contributed by atoms with Crippen molar-refractivity contribution >= 4 is 5.69 Å². The van der Waals surface area contributed by atoms with Crippen molar-refractivity contribution in [1.29, 1.82) is 0 Å². The third-order valence-corrected chi connectivity index (χ3v) is 4.90. The number of benzene rings is 1. The Balaban J connectivity index is 1.58. The summed E-state index contributed by atoms with van der Waals surface area (Å²) >= 11 is 0. The minimum atomic E-state index is 0.651. The number of anilines is 1. The van der Waals surface area contributed by atoms with E-state index in [1.165, 1.54) is 55.3 Å². The number of rotatable bonds is 4. The molecule has 1 aromatic carbocycles. The highest BCUT2D eigenvalue weighted by atomic mass is 14.9. The lowest BCUT2D eigenvalue weighted by atomic mass is 9.84. The maximum Gasteiger partial charge on any atom is 0.0419 e. The zero-order valence-electron chi connectivity index (χ0n) is 12.0. The van der Waals surface area contributed by atoms with E-state index in [-0.39, 0.29) is 0 Å². The van der Waals surface area contributed by atoms with E-state index in [1.807, 2.05) is 0 Å². The van der Waals surface area contributed by atoms with Crippen molar-refractivity contribution in [3.05, 3.63) is 29.3 Å². The van der Waals surface area contributed by atoms with E-state index < -0.39 is 0 Å². The maximum atomic E-state index is 3.76. The van der Waals surface area contributed by atoms with Crippen molar-refractivity contribution in [2.75, 3.05) is 11.9 Å². The second-order valence-electron chi connectivity index (χ2n) is 6.20. The van der Waals surface area contributed by atoms with Crippen LogP contribution >= 0.6 is 0 Å². The lowest BCUT2D eigenvalue weighted by Gasteiger charge is -2.28. The summed E-state index contributed by atoms with van der Waals surface area (Å²) in [5.74, 6) is 0.887. The fourth-order valence-electron chi connectivity index (χ4n) is 3.63. The van der Waals surface area contributed by atoms with Crippen LogP contribution in [0.4, 0.5) is 5.69 Å². The predicted molar refractivity (Wildman–Crippen MR) is 81.5 cm³/mol. The average Bonchev–Trinajstić information content (AvgIpc) is 2.94. The highest BCUT2D eigenvalue weighted by molar-refractivity contribution is 5.61. The highest BCUT2D eigenvalue weighted by Gasteiger charge is 2.20. The summed E-state index contributed by atoms with van der Waals surface area (Å²) in [6, 6.07) is 7.37. The van der Waals surface area contributed by atoms with Crippen LogP contribution in [-0.2, 0) is 13.0 Å². The molecule has 0 bridgehead atoms. The molecule has 0 unspecified atom stereocenters. The Morgan fingerprint density at radius 1 is 1.26 bits per heavy atom. The first kappa shape index (κ1) is 13.0. The minimum Gasteiger partial charge on any atom is -0.384 e. The normalized spacial score (nSPS) is 20.9. The number of nitrogens with one attached hydrogen (secondary N) is 2. The fourth-order valence-corrected chi connectivity index (χ4v) is 3.63. The van der Waals surface area contributed by atoms with Crippen molar-refractivity contribution < 1.29 is 0 Å². The Bertz CT molecular complexity index is 421. The van der Waals surface area contributed by atoms with Crippen LogP contribution in [-0.4, -0.2) is 12.6 Å². The van der Waals surface area contributed by atoms with Crippen molar-refractivity contribution in [3.63, 3.8) is 0 Å². The van der Waals surface area contributed by atoms with Gasteiger partial charge in [0.15, 0.2) is 0 Å². The molecule has 2 aliphatic rings. The van der Waals surface area contributed by atoms with Crippen molar-refractivity contribution in [3.8, 4) is 0 Å². The molecule has 2 nitrogen and oxygen atoms in total. The van der Waals surface area contributed by atoms with Gasteiger partial charge in [0.25, 0.3) is 0 Å². The topological polar surface area (TPSA) is 24.1 Å². The zero-order valence-corrected chi connectivity index (χ0v) is 12.0. The first-order chi connectivity index (χ1) is 9.34. The number of hydrogen-bond donors (Lipinski definition) is 2. The molecule has 0 saturated heterocycles. The van der Waals surface area contributed by atoms with Gasteiger partial charge in [0.2, 0.25) is 0 Å². The van der Waals surface area contributed by atoms with E-state index in [0.29, 0.717) is 6.04 Å². The third kappa shape index (κ3) is 2.94. The lowest BCUT2D eigenvalue weighted by Crippen LogP contribution is -2.34. The summed E-state index contributed by atoms with van der Waals surface area (Å²) in [7, 11) is 0. The van der Waals surface area contributed by atoms with Crippen molar-refractivity contribution in [1.82, 2.24) is 5.32 Å². The molecule has 104 valence electrons. The molecule has 3 rings (SSSR count). The maximum absolute atomic E-state index is 3.76. The minimum absolute atomic E-state index is 0.651. The molecule has 1 saturated carbocycles. The van der Waals surface area contributed by atoms with Gasteiger partial charge in [-0.1, -0.05) is 37.5 Å². The van der Waals surface area contributed by atoms with Crippen LogP contribution in [0.15, 0.2) is 18.2 Å². The predicted octanol–water partition coefficient (Wildman–Crippen LogP) is 3.71. The first-order valence-corrected chi connectivity index (χ1v) is 7.92. The van der Waals surface area contributed by atoms with Crippen molar-refractivity contribution in [2.45, 2.75) is 58.0 Å². The average molecular weight is 258 g/mol. The van der Waals surface area contributed by atoms with Gasteiger partial charge in [-0.25, -0.2) is 0 Å². The zero-order chi connectivity index (χ0) is 13.1. The molecular formula is C17H26N2. The summed E-state index contributed by atoms with van der Waals surface area (Å²) in [6.07, 6.45) is 8.32. The third-order valence-electron chi connectivity index (χ3n) is 4.90. The molecule has 0 amide bonds. The van der Waals surface area contributed by atoms with Crippen LogP contribution < -0.4 is 10.6 Å². The molecule has 2 N–H and O–H groups in total. The second-order valence-corrected chi connectivity index (χ2v) is 6.20. The molecule has 1 aliphatic carbocycles. The summed E-state index contributed by atoms with van der Waals surface area (Å²) in [6.45, 7) is 4.48. The van der Waals surface area contributed by atoms with Gasteiger partial charge < -0.3 is 10.6 Å². The smallest absolute Gasteiger partial charge is 0.0419 e. The van der Waals surface area contributed by atoms with Gasteiger partial charge in [-0.2, -0.15) is 0 Å². The molecule has 2 heteroatoms. The Morgan fingerprint density at radius 2 is 2.11 bits per heavy atom. The molecule has 1 atom stereocenters. The first-order valence-electron chi connectivity index (χ1n) is 7.92. The number of hydrogen-bond acceptors (Lipinski definition) is 2. The van der Waals surface area contributed by atoms with E-state index in [1.54, 1.807) is 0 Å². The second kappa shape index (κ2) is 5.96. The quantitative estimate of drug-likeness (QED) is 0.860. The van der Waals surface area contributed by atoms with Gasteiger partial charge in [0.1, 0.15) is 0 Å². The Morgan fingerprint density at radius 3 is 2.95 bits per heavy atom. The summed E-state index contributed by atoms with van der Waals surface area (Å²) < 4.78 is 0. The molecule has 0 radical (unpaired) electrons. The standard InChI is InChI=1S/C17H26N2/c1-13(14-6-3-2-4-7-14)19-12-16-9-5-8-15-10-11-18-17(15)16/h5,8-9,13-14,18-19H,2-4,6-7,10-12H2,1H3/t13-/m0/s1. The monoisotopic (exact) mass is 258 g/mol. The van der Waals surface area contributed by atoms with E-state index in [2.05, 4.69) is 35.8 Å². The highest BCUT2D eigenvalue weighted by Crippen LogP contribution is 2.28. The van der Waals surface area contributed by atoms with E-state index in [0.717, 1.165) is 19.0 Å². The molecule has 0 aromatic heterocycles. The summed E-state index contributed by atoms with van der Waals surface area (Å²) in [5.41, 5.74) is 4.33. The Labute approximate surface area is 117 Å². The largest absolute Gasteiger partial charge is 0.384 e. The van der Waals surface area contributed by atoms with Crippen molar-refractivity contribution in [2.24, 2.45) is 5.92 Å². The molecular weight excluding hydrogens is 232 g/mol. The van der Waals surface area contributed by atoms with Gasteiger partial charge in [0, 0.05) is 24.8 Å². The van der Waals surface area contributed by atoms with Crippen LogP contribution in [0.2, 0.25) is 0 Å².